The largest absolute Gasteiger partial charge is 0.391 e. The fourth-order valence-electron chi connectivity index (χ4n) is 2.42. The second kappa shape index (κ2) is 5.74. The van der Waals surface area contributed by atoms with Crippen LogP contribution in [0.15, 0.2) is 18.2 Å². The van der Waals surface area contributed by atoms with Crippen molar-refractivity contribution in [1.82, 2.24) is 0 Å². The number of aliphatic hydroxyl groups excluding tert-OH is 1. The number of nitrogens with one attached hydrogen (secondary N) is 1. The summed E-state index contributed by atoms with van der Waals surface area (Å²) in [5.41, 5.74) is 2.11. The van der Waals surface area contributed by atoms with Crippen LogP contribution in [0.5, 0.6) is 0 Å². The smallest absolute Gasteiger partial charge is 0.0741 e. The molecule has 17 heavy (non-hydrogen) atoms. The van der Waals surface area contributed by atoms with E-state index in [4.69, 9.17) is 11.6 Å². The molecule has 0 aromatic heterocycles. The van der Waals surface area contributed by atoms with Crippen molar-refractivity contribution in [3.8, 4) is 0 Å². The van der Waals surface area contributed by atoms with Crippen molar-refractivity contribution in [2.75, 3.05) is 5.32 Å². The van der Waals surface area contributed by atoms with E-state index in [9.17, 15) is 5.11 Å². The van der Waals surface area contributed by atoms with Gasteiger partial charge in [-0.3, -0.25) is 0 Å². The molecule has 1 aromatic rings. The maximum Gasteiger partial charge on any atom is 0.0741 e. The van der Waals surface area contributed by atoms with Gasteiger partial charge in [0, 0.05) is 10.7 Å². The average molecular weight is 254 g/mol. The van der Waals surface area contributed by atoms with Crippen molar-refractivity contribution >= 4 is 17.3 Å². The maximum atomic E-state index is 10.1. The van der Waals surface area contributed by atoms with Gasteiger partial charge in [0.2, 0.25) is 0 Å². The van der Waals surface area contributed by atoms with Gasteiger partial charge in [0.1, 0.15) is 0 Å². The van der Waals surface area contributed by atoms with Crippen LogP contribution in [0, 0.1) is 6.92 Å². The molecule has 2 nitrogen and oxygen atoms in total. The molecule has 1 fully saturated rings. The Morgan fingerprint density at radius 2 is 2.00 bits per heavy atom. The highest BCUT2D eigenvalue weighted by Gasteiger charge is 2.21. The molecule has 3 heteroatoms. The van der Waals surface area contributed by atoms with Gasteiger partial charge < -0.3 is 10.4 Å². The first-order valence-electron chi connectivity index (χ1n) is 6.38. The number of rotatable bonds is 2. The van der Waals surface area contributed by atoms with Gasteiger partial charge in [-0.05, 0) is 37.5 Å². The van der Waals surface area contributed by atoms with E-state index < -0.39 is 0 Å². The zero-order chi connectivity index (χ0) is 12.3. The molecule has 1 saturated carbocycles. The summed E-state index contributed by atoms with van der Waals surface area (Å²) < 4.78 is 0. The third kappa shape index (κ3) is 3.14. The van der Waals surface area contributed by atoms with E-state index in [-0.39, 0.29) is 12.1 Å². The molecule has 1 aliphatic carbocycles. The standard InChI is InChI=1S/C14H20ClNO/c1-10-11(15)6-5-8-12(10)16-13-7-3-2-4-9-14(13)17/h5-6,8,13-14,16-17H,2-4,7,9H2,1H3. The topological polar surface area (TPSA) is 32.3 Å². The van der Waals surface area contributed by atoms with Gasteiger partial charge in [-0.2, -0.15) is 0 Å². The van der Waals surface area contributed by atoms with Crippen LogP contribution in [-0.4, -0.2) is 17.3 Å². The van der Waals surface area contributed by atoms with Gasteiger partial charge in [-0.15, -0.1) is 0 Å². The van der Waals surface area contributed by atoms with Gasteiger partial charge in [0.15, 0.2) is 0 Å². The Morgan fingerprint density at radius 1 is 1.24 bits per heavy atom. The quantitative estimate of drug-likeness (QED) is 0.787. The second-order valence-corrected chi connectivity index (χ2v) is 5.28. The van der Waals surface area contributed by atoms with Crippen molar-refractivity contribution in [3.05, 3.63) is 28.8 Å². The van der Waals surface area contributed by atoms with Crippen molar-refractivity contribution < 1.29 is 5.11 Å². The second-order valence-electron chi connectivity index (χ2n) is 4.87. The number of halogens is 1. The number of hydrogen-bond acceptors (Lipinski definition) is 2. The van der Waals surface area contributed by atoms with Crippen molar-refractivity contribution in [2.24, 2.45) is 0 Å². The van der Waals surface area contributed by atoms with Gasteiger partial charge in [-0.1, -0.05) is 36.9 Å². The highest BCUT2D eigenvalue weighted by atomic mass is 35.5. The lowest BCUT2D eigenvalue weighted by Crippen LogP contribution is -2.32. The first-order valence-corrected chi connectivity index (χ1v) is 6.76. The summed E-state index contributed by atoms with van der Waals surface area (Å²) in [6, 6.07) is 6.03. The van der Waals surface area contributed by atoms with E-state index in [0.717, 1.165) is 35.5 Å². The molecule has 0 heterocycles. The zero-order valence-corrected chi connectivity index (χ0v) is 11.0. The summed E-state index contributed by atoms with van der Waals surface area (Å²) in [7, 11) is 0. The van der Waals surface area contributed by atoms with E-state index in [1.165, 1.54) is 12.8 Å². The minimum Gasteiger partial charge on any atom is -0.391 e. The van der Waals surface area contributed by atoms with Crippen LogP contribution in [-0.2, 0) is 0 Å². The fourth-order valence-corrected chi connectivity index (χ4v) is 2.59. The fraction of sp³-hybridized carbons (Fsp3) is 0.571. The Labute approximate surface area is 108 Å². The maximum absolute atomic E-state index is 10.1. The van der Waals surface area contributed by atoms with Crippen LogP contribution in [0.3, 0.4) is 0 Å². The van der Waals surface area contributed by atoms with Crippen LogP contribution in [0.25, 0.3) is 0 Å². The van der Waals surface area contributed by atoms with E-state index in [2.05, 4.69) is 5.32 Å². The van der Waals surface area contributed by atoms with E-state index >= 15 is 0 Å². The minimum absolute atomic E-state index is 0.162. The molecular formula is C14H20ClNO. The van der Waals surface area contributed by atoms with Crippen LogP contribution >= 0.6 is 11.6 Å². The first-order chi connectivity index (χ1) is 8.18. The van der Waals surface area contributed by atoms with Crippen molar-refractivity contribution in [3.63, 3.8) is 0 Å². The van der Waals surface area contributed by atoms with E-state index in [1.807, 2.05) is 25.1 Å². The van der Waals surface area contributed by atoms with E-state index in [0.29, 0.717) is 0 Å². The number of anilines is 1. The monoisotopic (exact) mass is 253 g/mol. The molecule has 0 amide bonds. The predicted molar refractivity (Wildman–Crippen MR) is 72.7 cm³/mol. The van der Waals surface area contributed by atoms with Crippen LogP contribution in [0.4, 0.5) is 5.69 Å². The SMILES string of the molecule is Cc1c(Cl)cccc1NC1CCCCCC1O. The van der Waals surface area contributed by atoms with Gasteiger partial charge in [0.25, 0.3) is 0 Å². The third-order valence-electron chi connectivity index (χ3n) is 3.59. The molecule has 2 unspecified atom stereocenters. The lowest BCUT2D eigenvalue weighted by atomic mass is 10.0. The Hall–Kier alpha value is -0.730. The van der Waals surface area contributed by atoms with Gasteiger partial charge in [-0.25, -0.2) is 0 Å². The Morgan fingerprint density at radius 3 is 2.82 bits per heavy atom. The summed E-state index contributed by atoms with van der Waals surface area (Å²) in [6.45, 7) is 2.01. The Kier molecular flexibility index (Phi) is 4.30. The molecule has 0 bridgehead atoms. The van der Waals surface area contributed by atoms with Gasteiger partial charge in [0.05, 0.1) is 12.1 Å². The number of aliphatic hydroxyl groups is 1. The number of benzene rings is 1. The van der Waals surface area contributed by atoms with E-state index in [1.54, 1.807) is 0 Å². The predicted octanol–water partition coefficient (Wildman–Crippen LogP) is 3.75. The minimum atomic E-state index is -0.240. The summed E-state index contributed by atoms with van der Waals surface area (Å²) in [4.78, 5) is 0. The molecule has 94 valence electrons. The van der Waals surface area contributed by atoms with Crippen molar-refractivity contribution in [2.45, 2.75) is 51.2 Å². The lowest BCUT2D eigenvalue weighted by molar-refractivity contribution is 0.144. The molecule has 0 saturated heterocycles. The highest BCUT2D eigenvalue weighted by molar-refractivity contribution is 6.31. The molecule has 2 rings (SSSR count). The summed E-state index contributed by atoms with van der Waals surface area (Å²) in [5, 5.41) is 14.3. The number of hydrogen-bond donors (Lipinski definition) is 2. The molecule has 0 spiro atoms. The third-order valence-corrected chi connectivity index (χ3v) is 4.00. The van der Waals surface area contributed by atoms with Gasteiger partial charge >= 0.3 is 0 Å². The molecular weight excluding hydrogens is 234 g/mol. The summed E-state index contributed by atoms with van der Waals surface area (Å²) in [6.07, 6.45) is 5.24. The van der Waals surface area contributed by atoms with Crippen LogP contribution in [0.2, 0.25) is 5.02 Å². The zero-order valence-electron chi connectivity index (χ0n) is 10.2. The molecule has 0 radical (unpaired) electrons. The van der Waals surface area contributed by atoms with Crippen LogP contribution < -0.4 is 5.32 Å². The highest BCUT2D eigenvalue weighted by Crippen LogP contribution is 2.27. The molecule has 1 aliphatic rings. The Bertz CT molecular complexity index is 380. The molecule has 2 N–H and O–H groups in total. The van der Waals surface area contributed by atoms with Crippen molar-refractivity contribution in [1.29, 1.82) is 0 Å². The van der Waals surface area contributed by atoms with Crippen LogP contribution in [0.1, 0.15) is 37.7 Å². The summed E-state index contributed by atoms with van der Waals surface area (Å²) >= 11 is 6.10. The normalized spacial score (nSPS) is 25.4. The Balaban J connectivity index is 2.10. The molecule has 0 aliphatic heterocycles. The molecule has 1 aromatic carbocycles. The summed E-state index contributed by atoms with van der Waals surface area (Å²) in [5.74, 6) is 0. The average Bonchev–Trinajstić information content (AvgIpc) is 2.51. The first kappa shape index (κ1) is 12.7. The molecule has 2 atom stereocenters. The lowest BCUT2D eigenvalue weighted by Gasteiger charge is -2.24.